The van der Waals surface area contributed by atoms with Crippen molar-refractivity contribution in [3.63, 3.8) is 0 Å². The third-order valence-electron chi connectivity index (χ3n) is 6.02. The van der Waals surface area contributed by atoms with Crippen LogP contribution in [0.4, 0.5) is 5.95 Å². The van der Waals surface area contributed by atoms with E-state index in [-0.39, 0.29) is 0 Å². The second kappa shape index (κ2) is 3.56. The fraction of sp³-hybridized carbons (Fsp3) is 0.812. The lowest BCUT2D eigenvalue weighted by Gasteiger charge is -2.57. The number of anilines is 1. The predicted octanol–water partition coefficient (Wildman–Crippen LogP) is 3.60. The molecule has 0 aliphatic heterocycles. The van der Waals surface area contributed by atoms with E-state index in [1.807, 2.05) is 6.20 Å². The summed E-state index contributed by atoms with van der Waals surface area (Å²) in [6.07, 6.45) is 15.6. The number of hydrogen-bond donors (Lipinski definition) is 1. The van der Waals surface area contributed by atoms with Crippen LogP contribution < -0.4 is 5.32 Å². The molecule has 0 radical (unpaired) electrons. The quantitative estimate of drug-likeness (QED) is 0.896. The number of imidazole rings is 1. The Bertz CT molecular complexity index is 465. The number of nitrogens with zero attached hydrogens (tertiary/aromatic N) is 2. The third kappa shape index (κ3) is 1.66. The molecule has 0 amide bonds. The van der Waals surface area contributed by atoms with Crippen molar-refractivity contribution in [1.29, 1.82) is 0 Å². The summed E-state index contributed by atoms with van der Waals surface area (Å²) in [7, 11) is 0. The van der Waals surface area contributed by atoms with Gasteiger partial charge in [0.15, 0.2) is 0 Å². The molecule has 6 rings (SSSR count). The van der Waals surface area contributed by atoms with Crippen LogP contribution in [0.1, 0.15) is 57.4 Å². The van der Waals surface area contributed by atoms with Crippen molar-refractivity contribution in [3.05, 3.63) is 12.4 Å². The van der Waals surface area contributed by atoms with Crippen LogP contribution in [0.25, 0.3) is 0 Å². The van der Waals surface area contributed by atoms with E-state index < -0.39 is 0 Å². The van der Waals surface area contributed by atoms with Crippen LogP contribution in [0.2, 0.25) is 0 Å². The molecule has 1 aromatic heterocycles. The van der Waals surface area contributed by atoms with Gasteiger partial charge in [-0.2, -0.15) is 0 Å². The SMILES string of the molecule is c1cn(C2CC2)c(NC23CC4CC(CC(C4)C2)C3)n1. The molecule has 5 saturated carbocycles. The van der Waals surface area contributed by atoms with Gasteiger partial charge in [-0.25, -0.2) is 4.98 Å². The zero-order valence-electron chi connectivity index (χ0n) is 11.5. The van der Waals surface area contributed by atoms with Crippen molar-refractivity contribution in [2.75, 3.05) is 5.32 Å². The fourth-order valence-corrected chi connectivity index (χ4v) is 5.56. The van der Waals surface area contributed by atoms with Crippen molar-refractivity contribution in [2.24, 2.45) is 17.8 Å². The van der Waals surface area contributed by atoms with Gasteiger partial charge in [0.2, 0.25) is 5.95 Å². The molecule has 5 fully saturated rings. The molecule has 5 aliphatic carbocycles. The summed E-state index contributed by atoms with van der Waals surface area (Å²) in [6, 6.07) is 0.735. The van der Waals surface area contributed by atoms with E-state index in [0.29, 0.717) is 5.54 Å². The van der Waals surface area contributed by atoms with Gasteiger partial charge in [0.1, 0.15) is 0 Å². The lowest BCUT2D eigenvalue weighted by atomic mass is 9.53. The molecule has 0 unspecified atom stereocenters. The van der Waals surface area contributed by atoms with Gasteiger partial charge in [0, 0.05) is 24.0 Å². The molecule has 4 bridgehead atoms. The number of hydrogen-bond acceptors (Lipinski definition) is 2. The molecule has 102 valence electrons. The second-order valence-electron chi connectivity index (χ2n) is 7.71. The monoisotopic (exact) mass is 257 g/mol. The molecule has 0 saturated heterocycles. The van der Waals surface area contributed by atoms with Crippen molar-refractivity contribution >= 4 is 5.95 Å². The summed E-state index contributed by atoms with van der Waals surface area (Å²) in [4.78, 5) is 4.61. The van der Waals surface area contributed by atoms with Crippen LogP contribution in [0.15, 0.2) is 12.4 Å². The smallest absolute Gasteiger partial charge is 0.203 e. The molecule has 5 aliphatic rings. The molecule has 0 spiro atoms. The lowest BCUT2D eigenvalue weighted by Crippen LogP contribution is -2.55. The van der Waals surface area contributed by atoms with Gasteiger partial charge in [-0.15, -0.1) is 0 Å². The van der Waals surface area contributed by atoms with Crippen LogP contribution in [-0.4, -0.2) is 15.1 Å². The third-order valence-corrected chi connectivity index (χ3v) is 6.02. The molecule has 19 heavy (non-hydrogen) atoms. The number of rotatable bonds is 3. The van der Waals surface area contributed by atoms with Crippen LogP contribution in [0, 0.1) is 17.8 Å². The van der Waals surface area contributed by atoms with Gasteiger partial charge in [-0.1, -0.05) is 0 Å². The van der Waals surface area contributed by atoms with Crippen LogP contribution >= 0.6 is 0 Å². The summed E-state index contributed by atoms with van der Waals surface area (Å²) in [5, 5.41) is 3.91. The Hall–Kier alpha value is -0.990. The normalized spacial score (nSPS) is 43.7. The van der Waals surface area contributed by atoms with Gasteiger partial charge in [0.05, 0.1) is 0 Å². The van der Waals surface area contributed by atoms with E-state index in [4.69, 9.17) is 0 Å². The van der Waals surface area contributed by atoms with Crippen molar-refractivity contribution in [3.8, 4) is 0 Å². The Balaban J connectivity index is 1.44. The van der Waals surface area contributed by atoms with E-state index in [9.17, 15) is 0 Å². The highest BCUT2D eigenvalue weighted by Crippen LogP contribution is 2.56. The van der Waals surface area contributed by atoms with Gasteiger partial charge in [0.25, 0.3) is 0 Å². The first kappa shape index (κ1) is 10.8. The van der Waals surface area contributed by atoms with Crippen molar-refractivity contribution < 1.29 is 0 Å². The van der Waals surface area contributed by atoms with E-state index in [1.165, 1.54) is 51.4 Å². The zero-order valence-corrected chi connectivity index (χ0v) is 11.5. The van der Waals surface area contributed by atoms with E-state index in [1.54, 1.807) is 0 Å². The first-order chi connectivity index (χ1) is 9.30. The first-order valence-corrected chi connectivity index (χ1v) is 8.11. The maximum absolute atomic E-state index is 4.61. The average Bonchev–Trinajstić information content (AvgIpc) is 3.09. The maximum atomic E-state index is 4.61. The topological polar surface area (TPSA) is 29.9 Å². The highest BCUT2D eigenvalue weighted by molar-refractivity contribution is 5.34. The molecular weight excluding hydrogens is 234 g/mol. The minimum absolute atomic E-state index is 0.396. The van der Waals surface area contributed by atoms with Gasteiger partial charge < -0.3 is 9.88 Å². The molecule has 0 atom stereocenters. The Labute approximate surface area is 114 Å². The molecule has 3 heteroatoms. The largest absolute Gasteiger partial charge is 0.350 e. The summed E-state index contributed by atoms with van der Waals surface area (Å²) in [6.45, 7) is 0. The molecule has 3 nitrogen and oxygen atoms in total. The predicted molar refractivity (Wildman–Crippen MR) is 75.0 cm³/mol. The molecule has 1 N–H and O–H groups in total. The highest BCUT2D eigenvalue weighted by atomic mass is 15.2. The summed E-state index contributed by atoms with van der Waals surface area (Å²) in [5.41, 5.74) is 0.396. The van der Waals surface area contributed by atoms with E-state index in [2.05, 4.69) is 21.1 Å². The number of aromatic nitrogens is 2. The Morgan fingerprint density at radius 2 is 1.68 bits per heavy atom. The van der Waals surface area contributed by atoms with Gasteiger partial charge in [-0.3, -0.25) is 0 Å². The fourth-order valence-electron chi connectivity index (χ4n) is 5.56. The molecule has 0 aromatic carbocycles. The minimum Gasteiger partial charge on any atom is -0.350 e. The summed E-state index contributed by atoms with van der Waals surface area (Å²) >= 11 is 0. The first-order valence-electron chi connectivity index (χ1n) is 8.11. The Morgan fingerprint density at radius 1 is 1.05 bits per heavy atom. The Kier molecular flexibility index (Phi) is 2.01. The number of nitrogens with one attached hydrogen (secondary N) is 1. The van der Waals surface area contributed by atoms with Gasteiger partial charge >= 0.3 is 0 Å². The average molecular weight is 257 g/mol. The van der Waals surface area contributed by atoms with Crippen LogP contribution in [0.5, 0.6) is 0 Å². The van der Waals surface area contributed by atoms with E-state index >= 15 is 0 Å². The van der Waals surface area contributed by atoms with Crippen molar-refractivity contribution in [1.82, 2.24) is 9.55 Å². The molecule has 1 heterocycles. The van der Waals surface area contributed by atoms with Crippen molar-refractivity contribution in [2.45, 2.75) is 62.9 Å². The minimum atomic E-state index is 0.396. The standard InChI is InChI=1S/C16H23N3/c1-2-14(1)19-4-3-17-15(19)18-16-8-11-5-12(9-16)7-13(6-11)10-16/h3-4,11-14H,1-2,5-10H2,(H,17,18). The van der Waals surface area contributed by atoms with Crippen LogP contribution in [-0.2, 0) is 0 Å². The zero-order chi connectivity index (χ0) is 12.4. The summed E-state index contributed by atoms with van der Waals surface area (Å²) in [5.74, 6) is 4.17. The highest BCUT2D eigenvalue weighted by Gasteiger charge is 2.51. The molecular formula is C16H23N3. The Morgan fingerprint density at radius 3 is 2.26 bits per heavy atom. The van der Waals surface area contributed by atoms with Gasteiger partial charge in [-0.05, 0) is 69.1 Å². The van der Waals surface area contributed by atoms with Crippen LogP contribution in [0.3, 0.4) is 0 Å². The second-order valence-corrected chi connectivity index (χ2v) is 7.71. The maximum Gasteiger partial charge on any atom is 0.203 e. The summed E-state index contributed by atoms with van der Waals surface area (Å²) < 4.78 is 2.39. The molecule has 1 aromatic rings. The lowest BCUT2D eigenvalue weighted by molar-refractivity contribution is 0.0102. The van der Waals surface area contributed by atoms with E-state index in [0.717, 1.165) is 29.7 Å².